The van der Waals surface area contributed by atoms with E-state index < -0.39 is 18.4 Å². The quantitative estimate of drug-likeness (QED) is 0.276. The molecule has 12 heteroatoms. The number of carbonyl (C=O) groups is 3. The van der Waals surface area contributed by atoms with Crippen molar-refractivity contribution in [3.63, 3.8) is 0 Å². The van der Waals surface area contributed by atoms with Gasteiger partial charge >= 0.3 is 12.1 Å². The molecule has 10 nitrogen and oxygen atoms in total. The highest BCUT2D eigenvalue weighted by Crippen LogP contribution is 2.44. The van der Waals surface area contributed by atoms with E-state index in [-0.39, 0.29) is 37.7 Å². The molecule has 2 aliphatic heterocycles. The third-order valence-electron chi connectivity index (χ3n) is 8.04. The van der Waals surface area contributed by atoms with Crippen molar-refractivity contribution in [2.45, 2.75) is 64.6 Å². The highest BCUT2D eigenvalue weighted by atomic mass is 35.5. The summed E-state index contributed by atoms with van der Waals surface area (Å²) in [5.74, 6) is -0.212. The molecule has 3 aliphatic rings. The van der Waals surface area contributed by atoms with Crippen LogP contribution in [0.25, 0.3) is 5.57 Å². The summed E-state index contributed by atoms with van der Waals surface area (Å²) in [7, 11) is 1.70. The van der Waals surface area contributed by atoms with Crippen molar-refractivity contribution in [2.75, 3.05) is 33.5 Å². The van der Waals surface area contributed by atoms with Crippen LogP contribution in [0, 0.1) is 13.8 Å². The van der Waals surface area contributed by atoms with Crippen LogP contribution in [0.1, 0.15) is 54.9 Å². The van der Waals surface area contributed by atoms with Gasteiger partial charge in [-0.1, -0.05) is 41.4 Å². The minimum Gasteiger partial charge on any atom is -0.456 e. The van der Waals surface area contributed by atoms with Crippen LogP contribution >= 0.6 is 11.6 Å². The van der Waals surface area contributed by atoms with Crippen LogP contribution in [0.15, 0.2) is 54.1 Å². The molecule has 0 radical (unpaired) electrons. The zero-order valence-corrected chi connectivity index (χ0v) is 26.7. The molecule has 1 aromatic carbocycles. The van der Waals surface area contributed by atoms with E-state index >= 15 is 0 Å². The summed E-state index contributed by atoms with van der Waals surface area (Å²) in [4.78, 5) is 41.9. The molecule has 45 heavy (non-hydrogen) atoms. The Morgan fingerprint density at radius 1 is 1.20 bits per heavy atom. The van der Waals surface area contributed by atoms with Gasteiger partial charge in [0.25, 0.3) is 5.91 Å². The fourth-order valence-corrected chi connectivity index (χ4v) is 5.79. The van der Waals surface area contributed by atoms with Gasteiger partial charge in [0.1, 0.15) is 24.2 Å². The smallest absolute Gasteiger partial charge is 0.456 e. The maximum absolute atomic E-state index is 13.0. The lowest BCUT2D eigenvalue weighted by Crippen LogP contribution is -2.49. The molecule has 2 aromatic rings. The van der Waals surface area contributed by atoms with Crippen molar-refractivity contribution < 1.29 is 37.7 Å². The summed E-state index contributed by atoms with van der Waals surface area (Å²) in [5.41, 5.74) is 4.11. The number of nitrogens with one attached hydrogen (secondary N) is 1. The second-order valence-corrected chi connectivity index (χ2v) is 11.5. The number of ether oxygens (including phenoxy) is 4. The van der Waals surface area contributed by atoms with Crippen LogP contribution in [0.3, 0.4) is 0 Å². The summed E-state index contributed by atoms with van der Waals surface area (Å²) >= 11 is 5.69. The van der Waals surface area contributed by atoms with E-state index in [1.54, 1.807) is 31.2 Å². The number of alkyl halides is 1. The fourth-order valence-electron chi connectivity index (χ4n) is 5.67. The van der Waals surface area contributed by atoms with E-state index in [1.165, 1.54) is 6.08 Å². The lowest BCUT2D eigenvalue weighted by atomic mass is 9.79. The van der Waals surface area contributed by atoms with Crippen LogP contribution in [0.5, 0.6) is 0 Å². The molecule has 0 bridgehead atoms. The Morgan fingerprint density at radius 3 is 2.56 bits per heavy atom. The minimum atomic E-state index is -0.778. The fraction of sp³-hybridized carbons (Fsp3) is 0.455. The zero-order valence-electron chi connectivity index (χ0n) is 26.0. The second-order valence-electron chi connectivity index (χ2n) is 11.1. The lowest BCUT2D eigenvalue weighted by molar-refractivity contribution is -0.135. The largest absolute Gasteiger partial charge is 0.513 e. The van der Waals surface area contributed by atoms with Crippen LogP contribution in [-0.4, -0.2) is 73.1 Å². The van der Waals surface area contributed by atoms with Gasteiger partial charge in [-0.05, 0) is 69.2 Å². The van der Waals surface area contributed by atoms with Gasteiger partial charge in [-0.3, -0.25) is 4.79 Å². The number of aryl methyl sites for hydroxylation is 2. The first-order chi connectivity index (χ1) is 21.6. The Balaban J connectivity index is 0.000000222. The van der Waals surface area contributed by atoms with Crippen molar-refractivity contribution in [3.8, 4) is 0 Å². The van der Waals surface area contributed by atoms with E-state index in [0.717, 1.165) is 35.1 Å². The van der Waals surface area contributed by atoms with Gasteiger partial charge < -0.3 is 29.2 Å². The Hall–Kier alpha value is -3.96. The molecular weight excluding hydrogens is 605 g/mol. The molecule has 1 fully saturated rings. The topological polar surface area (TPSA) is 116 Å². The second kappa shape index (κ2) is 15.4. The van der Waals surface area contributed by atoms with Gasteiger partial charge in [0.15, 0.2) is 0 Å². The predicted octanol–water partition coefficient (Wildman–Crippen LogP) is 5.59. The van der Waals surface area contributed by atoms with E-state index in [2.05, 4.69) is 10.3 Å². The van der Waals surface area contributed by atoms with Gasteiger partial charge in [-0.25, -0.2) is 19.0 Å². The van der Waals surface area contributed by atoms with Gasteiger partial charge in [0.05, 0.1) is 29.5 Å². The Kier molecular flexibility index (Phi) is 11.6. The number of benzene rings is 1. The summed E-state index contributed by atoms with van der Waals surface area (Å²) in [6.07, 6.45) is 5.27. The monoisotopic (exact) mass is 643 g/mol. The zero-order chi connectivity index (χ0) is 32.6. The minimum absolute atomic E-state index is 0.154. The first kappa shape index (κ1) is 33.9. The van der Waals surface area contributed by atoms with Crippen LogP contribution in [0.4, 0.5) is 9.18 Å². The number of methoxy groups -OCH3 is 1. The predicted molar refractivity (Wildman–Crippen MR) is 166 cm³/mol. The number of esters is 1. The number of pyridine rings is 1. The van der Waals surface area contributed by atoms with Gasteiger partial charge in [-0.15, -0.1) is 0 Å². The number of amides is 1. The molecule has 1 aromatic heterocycles. The molecule has 1 saturated carbocycles. The normalized spacial score (nSPS) is 20.7. The van der Waals surface area contributed by atoms with E-state index in [4.69, 9.17) is 30.5 Å². The Bertz CT molecular complexity index is 1450. The van der Waals surface area contributed by atoms with Crippen LogP contribution in [0.2, 0.25) is 5.15 Å². The SMILES string of the molecule is CCOC(=O)OC1=C(c2cc(C)ccc2C)C(=O)NC12CCC(OC)CC2.O=C1C=C(N(CCF)Cc2ccc(Cl)nc2)CO1. The van der Waals surface area contributed by atoms with E-state index in [9.17, 15) is 18.8 Å². The third-order valence-corrected chi connectivity index (χ3v) is 8.26. The molecule has 1 aliphatic carbocycles. The summed E-state index contributed by atoms with van der Waals surface area (Å²) < 4.78 is 33.4. The number of nitrogens with zero attached hydrogens (tertiary/aromatic N) is 2. The van der Waals surface area contributed by atoms with Gasteiger partial charge in [0.2, 0.25) is 0 Å². The Morgan fingerprint density at radius 2 is 1.96 bits per heavy atom. The maximum atomic E-state index is 13.0. The van der Waals surface area contributed by atoms with Crippen molar-refractivity contribution in [1.82, 2.24) is 15.2 Å². The van der Waals surface area contributed by atoms with Crippen molar-refractivity contribution >= 4 is 35.2 Å². The van der Waals surface area contributed by atoms with Crippen molar-refractivity contribution in [3.05, 3.63) is 81.5 Å². The van der Waals surface area contributed by atoms with Gasteiger partial charge in [0, 0.05) is 32.5 Å². The van der Waals surface area contributed by atoms with Crippen molar-refractivity contribution in [2.24, 2.45) is 0 Å². The molecule has 0 unspecified atom stereocenters. The number of hydrogen-bond donors (Lipinski definition) is 1. The number of aromatic nitrogens is 1. The molecule has 1 spiro atoms. The molecular formula is C33H39ClFN3O7. The average Bonchev–Trinajstić information content (AvgIpc) is 3.56. The highest BCUT2D eigenvalue weighted by molar-refractivity contribution is 6.29. The van der Waals surface area contributed by atoms with E-state index in [0.29, 0.717) is 41.6 Å². The third kappa shape index (κ3) is 8.40. The number of hydrogen-bond acceptors (Lipinski definition) is 9. The van der Waals surface area contributed by atoms with Crippen LogP contribution in [-0.2, 0) is 35.1 Å². The maximum Gasteiger partial charge on any atom is 0.513 e. The average molecular weight is 644 g/mol. The standard InChI is InChI=1S/C21H27NO5.C12H12ClFN2O2/c1-5-26-20(24)27-18-17(16-12-13(2)6-7-14(16)3)19(23)22-21(18)10-8-15(25-4)9-11-21;13-11-2-1-9(6-15-11)7-16(4-3-14)10-5-12(17)18-8-10/h6-7,12,15H,5,8-11H2,1-4H3,(H,22,23);1-2,5-6H,3-4,7-8H2. The number of carbonyl (C=O) groups excluding carboxylic acids is 3. The molecule has 1 amide bonds. The molecule has 0 atom stereocenters. The van der Waals surface area contributed by atoms with Crippen molar-refractivity contribution in [1.29, 1.82) is 0 Å². The summed E-state index contributed by atoms with van der Waals surface area (Å²) in [5, 5.41) is 3.52. The first-order valence-electron chi connectivity index (χ1n) is 14.9. The molecule has 3 heterocycles. The Labute approximate surface area is 267 Å². The highest BCUT2D eigenvalue weighted by Gasteiger charge is 2.50. The number of halogens is 2. The van der Waals surface area contributed by atoms with Crippen LogP contribution < -0.4 is 5.32 Å². The molecule has 1 N–H and O–H groups in total. The first-order valence-corrected chi connectivity index (χ1v) is 15.3. The van der Waals surface area contributed by atoms with Gasteiger partial charge in [-0.2, -0.15) is 0 Å². The lowest BCUT2D eigenvalue weighted by Gasteiger charge is -2.37. The van der Waals surface area contributed by atoms with E-state index in [1.807, 2.05) is 38.1 Å². The molecule has 242 valence electrons. The molecule has 5 rings (SSSR count). The number of rotatable bonds is 9. The summed E-state index contributed by atoms with van der Waals surface area (Å²) in [6.45, 7) is 6.24. The summed E-state index contributed by atoms with van der Waals surface area (Å²) in [6, 6.07) is 9.42. The number of cyclic esters (lactones) is 1. The molecule has 0 saturated heterocycles.